The number of halogens is 3. The molecule has 30 heavy (non-hydrogen) atoms. The van der Waals surface area contributed by atoms with E-state index in [1.54, 1.807) is 24.4 Å². The molecule has 1 amide bonds. The van der Waals surface area contributed by atoms with Gasteiger partial charge in [0.25, 0.3) is 0 Å². The first-order valence-corrected chi connectivity index (χ1v) is 9.70. The van der Waals surface area contributed by atoms with E-state index in [4.69, 9.17) is 4.74 Å². The molecule has 0 saturated carbocycles. The minimum absolute atomic E-state index is 0.0654. The smallest absolute Gasteiger partial charge is 0.416 e. The van der Waals surface area contributed by atoms with Gasteiger partial charge in [-0.05, 0) is 30.7 Å². The number of methoxy groups -OCH3 is 1. The molecule has 4 rings (SSSR count). The predicted octanol–water partition coefficient (Wildman–Crippen LogP) is 2.43. The fourth-order valence-corrected chi connectivity index (χ4v) is 3.94. The largest absolute Gasteiger partial charge is 0.480 e. The van der Waals surface area contributed by atoms with Gasteiger partial charge in [0.1, 0.15) is 0 Å². The number of alkyl halides is 3. The maximum atomic E-state index is 12.9. The van der Waals surface area contributed by atoms with Gasteiger partial charge in [0.05, 0.1) is 31.1 Å². The van der Waals surface area contributed by atoms with E-state index < -0.39 is 11.7 Å². The lowest BCUT2D eigenvalue weighted by Gasteiger charge is -2.37. The van der Waals surface area contributed by atoms with E-state index in [2.05, 4.69) is 19.8 Å². The van der Waals surface area contributed by atoms with Crippen molar-refractivity contribution in [3.63, 3.8) is 0 Å². The SMILES string of the molecule is COc1cncc(N2CCN(C3CCN(c4ccc(C(F)(F)F)cc4)C3=O)CC2)n1. The number of ether oxygens (including phenoxy) is 1. The number of hydrogen-bond acceptors (Lipinski definition) is 6. The van der Waals surface area contributed by atoms with Gasteiger partial charge < -0.3 is 14.5 Å². The van der Waals surface area contributed by atoms with E-state index in [9.17, 15) is 18.0 Å². The van der Waals surface area contributed by atoms with Crippen molar-refractivity contribution in [3.05, 3.63) is 42.2 Å². The van der Waals surface area contributed by atoms with Crippen molar-refractivity contribution in [1.29, 1.82) is 0 Å². The van der Waals surface area contributed by atoms with Crippen LogP contribution in [0.2, 0.25) is 0 Å². The van der Waals surface area contributed by atoms with Gasteiger partial charge in [-0.25, -0.2) is 0 Å². The third-order valence-corrected chi connectivity index (χ3v) is 5.57. The second-order valence-electron chi connectivity index (χ2n) is 7.28. The summed E-state index contributed by atoms with van der Waals surface area (Å²) in [5.41, 5.74) is -0.216. The lowest BCUT2D eigenvalue weighted by molar-refractivity contribution is -0.137. The van der Waals surface area contributed by atoms with E-state index in [0.717, 1.165) is 18.0 Å². The van der Waals surface area contributed by atoms with Crippen LogP contribution >= 0.6 is 0 Å². The van der Waals surface area contributed by atoms with Crippen molar-refractivity contribution < 1.29 is 22.7 Å². The maximum absolute atomic E-state index is 12.9. The fraction of sp³-hybridized carbons (Fsp3) is 0.450. The first kappa shape index (κ1) is 20.4. The summed E-state index contributed by atoms with van der Waals surface area (Å²) in [4.78, 5) is 27.3. The Bertz CT molecular complexity index is 898. The number of carbonyl (C=O) groups excluding carboxylic acids is 1. The van der Waals surface area contributed by atoms with Gasteiger partial charge in [-0.1, -0.05) is 0 Å². The van der Waals surface area contributed by atoms with Crippen LogP contribution in [-0.2, 0) is 11.0 Å². The first-order chi connectivity index (χ1) is 14.4. The molecule has 1 unspecified atom stereocenters. The molecule has 0 radical (unpaired) electrons. The highest BCUT2D eigenvalue weighted by molar-refractivity contribution is 5.99. The number of piperazine rings is 1. The zero-order valence-corrected chi connectivity index (χ0v) is 16.5. The predicted molar refractivity (Wildman–Crippen MR) is 105 cm³/mol. The number of aromatic nitrogens is 2. The standard InChI is InChI=1S/C20H22F3N5O2/c1-30-18-13-24-12-17(25-18)27-10-8-26(9-11-27)16-6-7-28(19(16)29)15-4-2-14(3-5-15)20(21,22)23/h2-5,12-13,16H,6-11H2,1H3. The average Bonchev–Trinajstić information content (AvgIpc) is 3.14. The van der Waals surface area contributed by atoms with Gasteiger partial charge in [0.15, 0.2) is 5.82 Å². The molecular weight excluding hydrogens is 399 g/mol. The minimum Gasteiger partial charge on any atom is -0.480 e. The number of amides is 1. The lowest BCUT2D eigenvalue weighted by Crippen LogP contribution is -2.52. The second-order valence-corrected chi connectivity index (χ2v) is 7.28. The Morgan fingerprint density at radius 1 is 1.03 bits per heavy atom. The Labute approximate surface area is 172 Å². The number of nitrogens with zero attached hydrogens (tertiary/aromatic N) is 5. The highest BCUT2D eigenvalue weighted by Crippen LogP contribution is 2.32. The molecule has 0 N–H and O–H groups in total. The average molecular weight is 421 g/mol. The third-order valence-electron chi connectivity index (χ3n) is 5.57. The van der Waals surface area contributed by atoms with E-state index in [1.165, 1.54) is 12.1 Å². The zero-order chi connectivity index (χ0) is 21.3. The van der Waals surface area contributed by atoms with Crippen LogP contribution in [0.25, 0.3) is 0 Å². The quantitative estimate of drug-likeness (QED) is 0.756. The van der Waals surface area contributed by atoms with Gasteiger partial charge in [-0.3, -0.25) is 14.7 Å². The summed E-state index contributed by atoms with van der Waals surface area (Å²) in [5, 5.41) is 0. The van der Waals surface area contributed by atoms with Gasteiger partial charge in [0, 0.05) is 38.4 Å². The van der Waals surface area contributed by atoms with Gasteiger partial charge in [-0.2, -0.15) is 18.2 Å². The number of hydrogen-bond donors (Lipinski definition) is 0. The Morgan fingerprint density at radius 3 is 2.37 bits per heavy atom. The van der Waals surface area contributed by atoms with Crippen molar-refractivity contribution in [3.8, 4) is 5.88 Å². The molecule has 7 nitrogen and oxygen atoms in total. The molecule has 0 bridgehead atoms. The van der Waals surface area contributed by atoms with Crippen LogP contribution in [0, 0.1) is 0 Å². The highest BCUT2D eigenvalue weighted by atomic mass is 19.4. The van der Waals surface area contributed by atoms with E-state index in [1.807, 2.05) is 0 Å². The van der Waals surface area contributed by atoms with E-state index in [0.29, 0.717) is 50.7 Å². The van der Waals surface area contributed by atoms with Crippen molar-refractivity contribution in [2.24, 2.45) is 0 Å². The zero-order valence-electron chi connectivity index (χ0n) is 16.5. The number of anilines is 2. The molecule has 2 aromatic rings. The van der Waals surface area contributed by atoms with Crippen molar-refractivity contribution in [2.45, 2.75) is 18.6 Å². The first-order valence-electron chi connectivity index (χ1n) is 9.70. The van der Waals surface area contributed by atoms with E-state index >= 15 is 0 Å². The molecule has 2 aliphatic heterocycles. The highest BCUT2D eigenvalue weighted by Gasteiger charge is 2.38. The second kappa shape index (κ2) is 8.10. The molecule has 0 spiro atoms. The summed E-state index contributed by atoms with van der Waals surface area (Å²) < 4.78 is 43.4. The van der Waals surface area contributed by atoms with Crippen molar-refractivity contribution >= 4 is 17.4 Å². The molecule has 2 saturated heterocycles. The van der Waals surface area contributed by atoms with Crippen LogP contribution in [0.15, 0.2) is 36.7 Å². The fourth-order valence-electron chi connectivity index (χ4n) is 3.94. The number of carbonyl (C=O) groups is 1. The van der Waals surface area contributed by atoms with E-state index in [-0.39, 0.29) is 11.9 Å². The molecule has 0 aliphatic carbocycles. The molecule has 3 heterocycles. The topological polar surface area (TPSA) is 61.8 Å². The third kappa shape index (κ3) is 4.04. The Morgan fingerprint density at radius 2 is 1.73 bits per heavy atom. The summed E-state index contributed by atoms with van der Waals surface area (Å²) in [6.45, 7) is 3.28. The maximum Gasteiger partial charge on any atom is 0.416 e. The van der Waals surface area contributed by atoms with Gasteiger partial charge in [0.2, 0.25) is 11.8 Å². The summed E-state index contributed by atoms with van der Waals surface area (Å²) in [5.74, 6) is 1.12. The molecule has 2 fully saturated rings. The summed E-state index contributed by atoms with van der Waals surface area (Å²) >= 11 is 0. The van der Waals surface area contributed by atoms with Crippen LogP contribution in [0.4, 0.5) is 24.7 Å². The summed E-state index contributed by atoms with van der Waals surface area (Å²) in [6, 6.07) is 4.50. The van der Waals surface area contributed by atoms with Crippen molar-refractivity contribution in [1.82, 2.24) is 14.9 Å². The summed E-state index contributed by atoms with van der Waals surface area (Å²) in [7, 11) is 1.54. The molecule has 160 valence electrons. The molecule has 1 aromatic carbocycles. The minimum atomic E-state index is -4.39. The molecule has 10 heteroatoms. The van der Waals surface area contributed by atoms with Gasteiger partial charge in [-0.15, -0.1) is 0 Å². The normalized spacial score (nSPS) is 20.7. The van der Waals surface area contributed by atoms with Crippen LogP contribution in [0.5, 0.6) is 5.88 Å². The number of benzene rings is 1. The molecular formula is C20H22F3N5O2. The lowest BCUT2D eigenvalue weighted by atomic mass is 10.1. The van der Waals surface area contributed by atoms with Crippen molar-refractivity contribution in [2.75, 3.05) is 49.6 Å². The van der Waals surface area contributed by atoms with Crippen LogP contribution in [-0.4, -0.2) is 66.7 Å². The van der Waals surface area contributed by atoms with Crippen LogP contribution in [0.3, 0.4) is 0 Å². The Hall–Kier alpha value is -2.88. The molecule has 2 aliphatic rings. The Balaban J connectivity index is 1.38. The Kier molecular flexibility index (Phi) is 5.50. The number of rotatable bonds is 4. The van der Waals surface area contributed by atoms with Gasteiger partial charge >= 0.3 is 6.18 Å². The molecule has 1 aromatic heterocycles. The van der Waals surface area contributed by atoms with Crippen LogP contribution < -0.4 is 14.5 Å². The summed E-state index contributed by atoms with van der Waals surface area (Å²) in [6.07, 6.45) is -0.500. The molecule has 1 atom stereocenters. The van der Waals surface area contributed by atoms with Crippen LogP contribution in [0.1, 0.15) is 12.0 Å². The monoisotopic (exact) mass is 421 g/mol.